The summed E-state index contributed by atoms with van der Waals surface area (Å²) in [6.07, 6.45) is 15.0. The van der Waals surface area contributed by atoms with Crippen molar-refractivity contribution >= 4 is 0 Å². The minimum absolute atomic E-state index is 0.466. The maximum atomic E-state index is 4.46. The smallest absolute Gasteiger partial charge is 0.180 e. The average molecular weight is 329 g/mol. The number of hydrogen-bond acceptors (Lipinski definition) is 5. The third-order valence-corrected chi connectivity index (χ3v) is 5.38. The molecule has 0 bridgehead atoms. The van der Waals surface area contributed by atoms with E-state index in [-0.39, 0.29) is 0 Å². The van der Waals surface area contributed by atoms with Crippen LogP contribution in [0.15, 0.2) is 12.5 Å². The van der Waals surface area contributed by atoms with Crippen LogP contribution in [-0.4, -0.2) is 42.3 Å². The zero-order chi connectivity index (χ0) is 16.2. The minimum atomic E-state index is 0.466. The van der Waals surface area contributed by atoms with E-state index in [1.165, 1.54) is 51.4 Å². The molecule has 2 aromatic heterocycles. The Balaban J connectivity index is 1.42. The molecule has 1 aliphatic heterocycles. The van der Waals surface area contributed by atoms with Crippen molar-refractivity contribution in [3.05, 3.63) is 12.5 Å². The van der Waals surface area contributed by atoms with Gasteiger partial charge in [-0.25, -0.2) is 9.67 Å². The number of aryl methyl sites for hydroxylation is 1. The molecule has 1 atom stereocenters. The van der Waals surface area contributed by atoms with Crippen LogP contribution in [0.3, 0.4) is 0 Å². The lowest BCUT2D eigenvalue weighted by Gasteiger charge is -2.23. The Morgan fingerprint density at radius 1 is 1.08 bits per heavy atom. The number of rotatable bonds is 5. The molecule has 7 nitrogen and oxygen atoms in total. The van der Waals surface area contributed by atoms with Gasteiger partial charge in [-0.1, -0.05) is 30.9 Å². The van der Waals surface area contributed by atoms with E-state index < -0.39 is 0 Å². The summed E-state index contributed by atoms with van der Waals surface area (Å²) in [5.74, 6) is 0.865. The van der Waals surface area contributed by atoms with Crippen LogP contribution >= 0.6 is 0 Å². The first-order chi connectivity index (χ1) is 11.9. The first-order valence-electron chi connectivity index (χ1n) is 9.43. The molecule has 4 rings (SSSR count). The van der Waals surface area contributed by atoms with Gasteiger partial charge in [0.15, 0.2) is 5.82 Å². The molecule has 0 radical (unpaired) electrons. The summed E-state index contributed by atoms with van der Waals surface area (Å²) in [6, 6.07) is 1.09. The van der Waals surface area contributed by atoms with Crippen molar-refractivity contribution in [1.82, 2.24) is 35.1 Å². The van der Waals surface area contributed by atoms with E-state index in [2.05, 4.69) is 30.4 Å². The Morgan fingerprint density at radius 2 is 1.96 bits per heavy atom. The van der Waals surface area contributed by atoms with Crippen LogP contribution in [0.2, 0.25) is 0 Å². The van der Waals surface area contributed by atoms with Crippen molar-refractivity contribution in [2.24, 2.45) is 0 Å². The van der Waals surface area contributed by atoms with E-state index in [4.69, 9.17) is 0 Å². The Hall–Kier alpha value is -1.76. The van der Waals surface area contributed by atoms with E-state index in [1.807, 2.05) is 10.9 Å². The molecule has 7 heteroatoms. The summed E-state index contributed by atoms with van der Waals surface area (Å²) in [4.78, 5) is 4.45. The van der Waals surface area contributed by atoms with Gasteiger partial charge in [0, 0.05) is 12.6 Å². The van der Waals surface area contributed by atoms with Crippen molar-refractivity contribution in [3.63, 3.8) is 0 Å². The molecule has 1 N–H and O–H groups in total. The van der Waals surface area contributed by atoms with Gasteiger partial charge < -0.3 is 5.32 Å². The molecule has 2 aliphatic rings. The minimum Gasteiger partial charge on any atom is -0.314 e. The van der Waals surface area contributed by atoms with Gasteiger partial charge in [-0.15, -0.1) is 5.10 Å². The fourth-order valence-electron chi connectivity index (χ4n) is 3.99. The largest absolute Gasteiger partial charge is 0.314 e. The van der Waals surface area contributed by atoms with Crippen LogP contribution in [0.5, 0.6) is 0 Å². The lowest BCUT2D eigenvalue weighted by atomic mass is 9.95. The third-order valence-electron chi connectivity index (χ3n) is 5.38. The number of nitrogens with zero attached hydrogens (tertiary/aromatic N) is 6. The number of piperidine rings is 1. The van der Waals surface area contributed by atoms with Gasteiger partial charge in [0.2, 0.25) is 0 Å². The Labute approximate surface area is 142 Å². The Bertz CT molecular complexity index is 635. The van der Waals surface area contributed by atoms with Crippen molar-refractivity contribution in [2.75, 3.05) is 6.54 Å². The molecule has 0 amide bonds. The van der Waals surface area contributed by atoms with Crippen LogP contribution < -0.4 is 5.32 Å². The van der Waals surface area contributed by atoms with Crippen molar-refractivity contribution in [3.8, 4) is 11.5 Å². The molecule has 24 heavy (non-hydrogen) atoms. The van der Waals surface area contributed by atoms with Crippen LogP contribution in [0.4, 0.5) is 0 Å². The fraction of sp³-hybridized carbons (Fsp3) is 0.765. The van der Waals surface area contributed by atoms with Crippen LogP contribution in [0.25, 0.3) is 11.5 Å². The number of aromatic nitrogens is 6. The highest BCUT2D eigenvalue weighted by Gasteiger charge is 2.21. The molecule has 0 aromatic carbocycles. The molecular weight excluding hydrogens is 302 g/mol. The molecule has 0 unspecified atom stereocenters. The van der Waals surface area contributed by atoms with Crippen molar-refractivity contribution in [2.45, 2.75) is 76.4 Å². The highest BCUT2D eigenvalue weighted by atomic mass is 15.4. The standard InChI is InChI=1S/C17H27N7/c1-2-7-15(8-3-1)24-17(19-13-20-24)16-12-23(22-21-16)11-9-14-6-4-5-10-18-14/h12-15,18H,1-11H2/t14-/m0/s1. The zero-order valence-corrected chi connectivity index (χ0v) is 14.3. The topological polar surface area (TPSA) is 73.5 Å². The molecule has 3 heterocycles. The molecule has 130 valence electrons. The summed E-state index contributed by atoms with van der Waals surface area (Å²) in [5, 5.41) is 16.7. The summed E-state index contributed by atoms with van der Waals surface area (Å²) >= 11 is 0. The summed E-state index contributed by atoms with van der Waals surface area (Å²) in [6.45, 7) is 2.06. The number of hydrogen-bond donors (Lipinski definition) is 1. The third kappa shape index (κ3) is 3.50. The van der Waals surface area contributed by atoms with Gasteiger partial charge >= 0.3 is 0 Å². The highest BCUT2D eigenvalue weighted by molar-refractivity contribution is 5.46. The maximum absolute atomic E-state index is 4.46. The summed E-state index contributed by atoms with van der Waals surface area (Å²) in [5.41, 5.74) is 0.842. The first kappa shape index (κ1) is 15.7. The normalized spacial score (nSPS) is 22.8. The fourth-order valence-corrected chi connectivity index (χ4v) is 3.99. The van der Waals surface area contributed by atoms with Crippen molar-refractivity contribution < 1.29 is 0 Å². The van der Waals surface area contributed by atoms with E-state index in [0.29, 0.717) is 12.1 Å². The van der Waals surface area contributed by atoms with Gasteiger partial charge in [-0.2, -0.15) is 5.10 Å². The molecule has 1 aliphatic carbocycles. The maximum Gasteiger partial charge on any atom is 0.180 e. The molecule has 1 saturated heterocycles. The molecule has 0 spiro atoms. The zero-order valence-electron chi connectivity index (χ0n) is 14.3. The van der Waals surface area contributed by atoms with Gasteiger partial charge in [0.05, 0.1) is 12.2 Å². The lowest BCUT2D eigenvalue weighted by Crippen LogP contribution is -2.34. The second-order valence-corrected chi connectivity index (χ2v) is 7.12. The van der Waals surface area contributed by atoms with E-state index in [0.717, 1.165) is 31.0 Å². The molecular formula is C17H27N7. The Morgan fingerprint density at radius 3 is 2.79 bits per heavy atom. The van der Waals surface area contributed by atoms with Crippen LogP contribution in [0.1, 0.15) is 63.8 Å². The molecule has 1 saturated carbocycles. The van der Waals surface area contributed by atoms with Crippen LogP contribution in [-0.2, 0) is 6.54 Å². The monoisotopic (exact) mass is 329 g/mol. The highest BCUT2D eigenvalue weighted by Crippen LogP contribution is 2.30. The van der Waals surface area contributed by atoms with Gasteiger partial charge in [-0.3, -0.25) is 4.68 Å². The van der Waals surface area contributed by atoms with E-state index >= 15 is 0 Å². The van der Waals surface area contributed by atoms with Crippen molar-refractivity contribution in [1.29, 1.82) is 0 Å². The summed E-state index contributed by atoms with van der Waals surface area (Å²) < 4.78 is 4.02. The summed E-state index contributed by atoms with van der Waals surface area (Å²) in [7, 11) is 0. The second kappa shape index (κ2) is 7.42. The van der Waals surface area contributed by atoms with Crippen LogP contribution in [0, 0.1) is 0 Å². The van der Waals surface area contributed by atoms with Gasteiger partial charge in [-0.05, 0) is 38.6 Å². The molecule has 2 fully saturated rings. The van der Waals surface area contributed by atoms with E-state index in [9.17, 15) is 0 Å². The number of nitrogens with one attached hydrogen (secondary N) is 1. The predicted octanol–water partition coefficient (Wildman–Crippen LogP) is 2.57. The SMILES string of the molecule is c1nc(-c2cn(CC[C@@H]3CCCCN3)nn2)n(C2CCCCC2)n1. The van der Waals surface area contributed by atoms with Gasteiger partial charge in [0.25, 0.3) is 0 Å². The van der Waals surface area contributed by atoms with Gasteiger partial charge in [0.1, 0.15) is 12.0 Å². The lowest BCUT2D eigenvalue weighted by molar-refractivity contribution is 0.331. The second-order valence-electron chi connectivity index (χ2n) is 7.12. The van der Waals surface area contributed by atoms with E-state index in [1.54, 1.807) is 6.33 Å². The predicted molar refractivity (Wildman–Crippen MR) is 91.4 cm³/mol. The first-order valence-corrected chi connectivity index (χ1v) is 9.43. The Kier molecular flexibility index (Phi) is 4.87. The quantitative estimate of drug-likeness (QED) is 0.912. The molecule has 2 aromatic rings. The average Bonchev–Trinajstić information content (AvgIpc) is 3.31.